The molecular formula is C20H34N6O9. The number of hydrogen-bond acceptors (Lipinski definition) is 8. The monoisotopic (exact) mass is 502 g/mol. The van der Waals surface area contributed by atoms with Crippen LogP contribution in [0.1, 0.15) is 52.4 Å². The molecule has 0 aromatic carbocycles. The van der Waals surface area contributed by atoms with E-state index in [-0.39, 0.29) is 25.7 Å². The summed E-state index contributed by atoms with van der Waals surface area (Å²) in [6, 6.07) is -5.56. The molecular weight excluding hydrogens is 468 g/mol. The Labute approximate surface area is 201 Å². The number of carboxylic acid groups (broad SMARTS) is 2. The predicted molar refractivity (Wildman–Crippen MR) is 120 cm³/mol. The van der Waals surface area contributed by atoms with Gasteiger partial charge in [0.1, 0.15) is 18.1 Å². The highest BCUT2D eigenvalue weighted by Crippen LogP contribution is 2.11. The van der Waals surface area contributed by atoms with Gasteiger partial charge in [-0.15, -0.1) is 0 Å². The molecule has 0 spiro atoms. The van der Waals surface area contributed by atoms with Crippen molar-refractivity contribution in [3.63, 3.8) is 0 Å². The molecule has 0 saturated heterocycles. The Balaban J connectivity index is 5.63. The Morgan fingerprint density at radius 3 is 1.69 bits per heavy atom. The number of rotatable bonds is 17. The fourth-order valence-corrected chi connectivity index (χ4v) is 2.88. The second-order valence-corrected chi connectivity index (χ2v) is 8.05. The van der Waals surface area contributed by atoms with Gasteiger partial charge in [0, 0.05) is 12.8 Å². The lowest BCUT2D eigenvalue weighted by Gasteiger charge is -2.28. The molecule has 0 heterocycles. The number of carboxylic acids is 2. The molecule has 0 aromatic heterocycles. The van der Waals surface area contributed by atoms with E-state index >= 15 is 0 Å². The lowest BCUT2D eigenvalue weighted by atomic mass is 9.96. The van der Waals surface area contributed by atoms with E-state index in [0.717, 1.165) is 0 Å². The van der Waals surface area contributed by atoms with Gasteiger partial charge in [0.15, 0.2) is 0 Å². The third-order valence-corrected chi connectivity index (χ3v) is 5.13. The van der Waals surface area contributed by atoms with Crippen molar-refractivity contribution in [3.05, 3.63) is 0 Å². The smallest absolute Gasteiger partial charge is 0.326 e. The molecule has 0 aliphatic heterocycles. The average molecular weight is 503 g/mol. The van der Waals surface area contributed by atoms with Crippen LogP contribution in [0.25, 0.3) is 0 Å². The molecule has 0 aromatic rings. The molecule has 0 saturated carbocycles. The minimum atomic E-state index is -1.48. The summed E-state index contributed by atoms with van der Waals surface area (Å²) in [7, 11) is 0. The van der Waals surface area contributed by atoms with Gasteiger partial charge in [0.05, 0.1) is 12.5 Å². The van der Waals surface area contributed by atoms with Crippen molar-refractivity contribution in [1.29, 1.82) is 0 Å². The molecule has 0 aliphatic rings. The van der Waals surface area contributed by atoms with Crippen LogP contribution >= 0.6 is 0 Å². The minimum Gasteiger partial charge on any atom is -0.481 e. The van der Waals surface area contributed by atoms with Crippen LogP contribution in [-0.4, -0.2) is 75.9 Å². The summed E-state index contributed by atoms with van der Waals surface area (Å²) in [5.41, 5.74) is 15.6. The fraction of sp³-hybridized carbons (Fsp3) is 0.650. The molecule has 0 rings (SSSR count). The van der Waals surface area contributed by atoms with Crippen molar-refractivity contribution in [1.82, 2.24) is 16.0 Å². The molecule has 0 radical (unpaired) electrons. The van der Waals surface area contributed by atoms with Crippen LogP contribution in [0.3, 0.4) is 0 Å². The number of nitrogens with one attached hydrogen (secondary N) is 3. The van der Waals surface area contributed by atoms with Crippen molar-refractivity contribution in [2.75, 3.05) is 0 Å². The Kier molecular flexibility index (Phi) is 13.6. The van der Waals surface area contributed by atoms with Crippen LogP contribution in [0.15, 0.2) is 0 Å². The van der Waals surface area contributed by atoms with E-state index in [4.69, 9.17) is 22.3 Å². The lowest BCUT2D eigenvalue weighted by molar-refractivity contribution is -0.143. The summed E-state index contributed by atoms with van der Waals surface area (Å²) < 4.78 is 0. The third kappa shape index (κ3) is 12.3. The Morgan fingerprint density at radius 1 is 0.771 bits per heavy atom. The molecule has 5 amide bonds. The van der Waals surface area contributed by atoms with Gasteiger partial charge in [0.2, 0.25) is 29.5 Å². The first-order valence-electron chi connectivity index (χ1n) is 10.9. The summed E-state index contributed by atoms with van der Waals surface area (Å²) in [5.74, 6) is -7.51. The Hall–Kier alpha value is -3.75. The summed E-state index contributed by atoms with van der Waals surface area (Å²) in [6.45, 7) is 3.33. The van der Waals surface area contributed by atoms with Crippen molar-refractivity contribution in [2.24, 2.45) is 23.1 Å². The maximum Gasteiger partial charge on any atom is 0.326 e. The van der Waals surface area contributed by atoms with Crippen molar-refractivity contribution < 1.29 is 43.8 Å². The predicted octanol–water partition coefficient (Wildman–Crippen LogP) is -3.10. The van der Waals surface area contributed by atoms with Gasteiger partial charge in [-0.1, -0.05) is 20.3 Å². The molecule has 0 bridgehead atoms. The molecule has 0 fully saturated rings. The minimum absolute atomic E-state index is 0.266. The molecule has 15 nitrogen and oxygen atoms in total. The van der Waals surface area contributed by atoms with Crippen LogP contribution in [0.5, 0.6) is 0 Å². The van der Waals surface area contributed by atoms with E-state index in [1.807, 2.05) is 0 Å². The first-order valence-corrected chi connectivity index (χ1v) is 10.9. The Morgan fingerprint density at radius 2 is 1.26 bits per heavy atom. The van der Waals surface area contributed by atoms with E-state index in [9.17, 15) is 38.7 Å². The highest BCUT2D eigenvalue weighted by molar-refractivity contribution is 5.95. The summed E-state index contributed by atoms with van der Waals surface area (Å²) >= 11 is 0. The molecule has 0 aliphatic carbocycles. The van der Waals surface area contributed by atoms with Crippen molar-refractivity contribution in [2.45, 2.75) is 76.5 Å². The van der Waals surface area contributed by atoms with Gasteiger partial charge in [-0.3, -0.25) is 28.8 Å². The normalized spacial score (nSPS) is 14.9. The number of aliphatic carboxylic acids is 2. The highest BCUT2D eigenvalue weighted by atomic mass is 16.4. The van der Waals surface area contributed by atoms with Gasteiger partial charge in [-0.25, -0.2) is 4.79 Å². The molecule has 35 heavy (non-hydrogen) atoms. The third-order valence-electron chi connectivity index (χ3n) is 5.13. The lowest BCUT2D eigenvalue weighted by Crippen LogP contribution is -2.58. The number of hydrogen-bond donors (Lipinski definition) is 8. The van der Waals surface area contributed by atoms with E-state index in [1.54, 1.807) is 13.8 Å². The average Bonchev–Trinajstić information content (AvgIpc) is 2.75. The molecule has 5 unspecified atom stereocenters. The molecule has 198 valence electrons. The van der Waals surface area contributed by atoms with Gasteiger partial charge in [-0.05, 0) is 18.8 Å². The second-order valence-electron chi connectivity index (χ2n) is 8.05. The standard InChI is InChI=1S/C20H34N6O9/c1-3-9(2)16(19(33)25-12(20(34)35)5-7-14(23)28)26-18(32)11(4-6-13(22)27)24-17(31)10(21)8-15(29)30/h9-12,16H,3-8,21H2,1-2H3,(H2,22,27)(H2,23,28)(H,24,31)(H,25,33)(H,26,32)(H,29,30)(H,34,35). The number of primary amides is 2. The van der Waals surface area contributed by atoms with E-state index in [0.29, 0.717) is 6.42 Å². The zero-order chi connectivity index (χ0) is 27.3. The van der Waals surface area contributed by atoms with Crippen LogP contribution in [0.4, 0.5) is 0 Å². The maximum absolute atomic E-state index is 12.9. The van der Waals surface area contributed by atoms with E-state index in [1.165, 1.54) is 0 Å². The van der Waals surface area contributed by atoms with Crippen molar-refractivity contribution >= 4 is 41.5 Å². The molecule has 15 heteroatoms. The maximum atomic E-state index is 12.9. The zero-order valence-corrected chi connectivity index (χ0v) is 19.6. The highest BCUT2D eigenvalue weighted by Gasteiger charge is 2.33. The van der Waals surface area contributed by atoms with Crippen LogP contribution in [-0.2, 0) is 33.6 Å². The topological polar surface area (TPSA) is 274 Å². The van der Waals surface area contributed by atoms with Gasteiger partial charge in [-0.2, -0.15) is 0 Å². The van der Waals surface area contributed by atoms with Crippen LogP contribution in [0, 0.1) is 5.92 Å². The number of carbonyl (C=O) groups is 7. The van der Waals surface area contributed by atoms with Crippen LogP contribution in [0.2, 0.25) is 0 Å². The summed E-state index contributed by atoms with van der Waals surface area (Å²) in [4.78, 5) is 82.4. The quantitative estimate of drug-likeness (QED) is 0.0991. The Bertz CT molecular complexity index is 819. The zero-order valence-electron chi connectivity index (χ0n) is 19.6. The summed E-state index contributed by atoms with van der Waals surface area (Å²) in [6.07, 6.45) is -1.47. The SMILES string of the molecule is CCC(C)C(NC(=O)C(CCC(N)=O)NC(=O)C(N)CC(=O)O)C(=O)NC(CCC(N)=O)C(=O)O. The van der Waals surface area contributed by atoms with Crippen molar-refractivity contribution in [3.8, 4) is 0 Å². The number of carbonyl (C=O) groups excluding carboxylic acids is 5. The molecule has 11 N–H and O–H groups in total. The number of amides is 5. The van der Waals surface area contributed by atoms with Gasteiger partial charge >= 0.3 is 11.9 Å². The van der Waals surface area contributed by atoms with Crippen LogP contribution < -0.4 is 33.2 Å². The first-order chi connectivity index (χ1) is 16.2. The van der Waals surface area contributed by atoms with E-state index in [2.05, 4.69) is 16.0 Å². The number of nitrogens with two attached hydrogens (primary N) is 3. The van der Waals surface area contributed by atoms with Gasteiger partial charge in [0.25, 0.3) is 0 Å². The fourth-order valence-electron chi connectivity index (χ4n) is 2.88. The van der Waals surface area contributed by atoms with E-state index < -0.39 is 78.0 Å². The van der Waals surface area contributed by atoms with Gasteiger partial charge < -0.3 is 43.4 Å². The first kappa shape index (κ1) is 31.2. The largest absolute Gasteiger partial charge is 0.481 e. The molecule has 5 atom stereocenters. The second kappa shape index (κ2) is 15.2. The summed E-state index contributed by atoms with van der Waals surface area (Å²) in [5, 5.41) is 25.0.